The van der Waals surface area contributed by atoms with Crippen molar-refractivity contribution in [3.8, 4) is 0 Å². The molecule has 52 valence electrons. The second-order valence-electron chi connectivity index (χ2n) is 3.09. The number of nitrogens with zero attached hydrogens (tertiary/aromatic N) is 1. The Labute approximate surface area is 55.8 Å². The van der Waals surface area contributed by atoms with E-state index < -0.39 is 0 Å². The van der Waals surface area contributed by atoms with Crippen molar-refractivity contribution in [3.05, 3.63) is 0 Å². The SMILES string of the molecule is CN1C2CC[C@H]1COC2. The van der Waals surface area contributed by atoms with Crippen molar-refractivity contribution in [3.63, 3.8) is 0 Å². The van der Waals surface area contributed by atoms with Crippen LogP contribution in [0.5, 0.6) is 0 Å². The molecule has 0 aromatic carbocycles. The number of fused-ring (bicyclic) bond motifs is 2. The van der Waals surface area contributed by atoms with Gasteiger partial charge in [0.15, 0.2) is 0 Å². The zero-order valence-corrected chi connectivity index (χ0v) is 5.84. The summed E-state index contributed by atoms with van der Waals surface area (Å²) in [6.45, 7) is 1.93. The summed E-state index contributed by atoms with van der Waals surface area (Å²) in [4.78, 5) is 2.46. The standard InChI is InChI=1S/C7H13NO/c1-8-6-2-3-7(8)5-9-4-6/h6-7H,2-5H2,1H3/t6-,7?/m0/s1. The maximum atomic E-state index is 5.39. The molecular weight excluding hydrogens is 114 g/mol. The van der Waals surface area contributed by atoms with Gasteiger partial charge in [-0.15, -0.1) is 0 Å². The van der Waals surface area contributed by atoms with Crippen molar-refractivity contribution >= 4 is 0 Å². The predicted molar refractivity (Wildman–Crippen MR) is 35.4 cm³/mol. The molecule has 0 amide bonds. The Kier molecular flexibility index (Phi) is 1.24. The highest BCUT2D eigenvalue weighted by Gasteiger charge is 2.33. The summed E-state index contributed by atoms with van der Waals surface area (Å²) in [6.07, 6.45) is 2.70. The molecule has 2 nitrogen and oxygen atoms in total. The lowest BCUT2D eigenvalue weighted by atomic mass is 10.2. The largest absolute Gasteiger partial charge is 0.378 e. The Hall–Kier alpha value is -0.0800. The molecule has 0 spiro atoms. The van der Waals surface area contributed by atoms with E-state index in [2.05, 4.69) is 11.9 Å². The van der Waals surface area contributed by atoms with Crippen LogP contribution in [-0.4, -0.2) is 37.2 Å². The molecule has 2 fully saturated rings. The van der Waals surface area contributed by atoms with E-state index in [1.165, 1.54) is 12.8 Å². The molecule has 2 aliphatic rings. The van der Waals surface area contributed by atoms with Gasteiger partial charge in [0.05, 0.1) is 13.2 Å². The van der Waals surface area contributed by atoms with Crippen LogP contribution < -0.4 is 0 Å². The lowest BCUT2D eigenvalue weighted by Gasteiger charge is -2.30. The van der Waals surface area contributed by atoms with Crippen molar-refractivity contribution in [1.29, 1.82) is 0 Å². The van der Waals surface area contributed by atoms with Gasteiger partial charge in [-0.3, -0.25) is 4.90 Å². The fourth-order valence-electron chi connectivity index (χ4n) is 1.83. The molecule has 2 rings (SSSR count). The number of morpholine rings is 1. The minimum absolute atomic E-state index is 0.740. The molecule has 0 N–H and O–H groups in total. The predicted octanol–water partition coefficient (Wildman–Crippen LogP) is 0.479. The van der Waals surface area contributed by atoms with Crippen LogP contribution in [0, 0.1) is 0 Å². The van der Waals surface area contributed by atoms with E-state index in [-0.39, 0.29) is 0 Å². The first-order chi connectivity index (χ1) is 4.38. The quantitative estimate of drug-likeness (QED) is 0.469. The molecule has 0 saturated carbocycles. The Bertz CT molecular complexity index is 99.5. The molecule has 2 atom stereocenters. The summed E-state index contributed by atoms with van der Waals surface area (Å²) in [6, 6.07) is 1.48. The smallest absolute Gasteiger partial charge is 0.0622 e. The molecule has 0 radical (unpaired) electrons. The van der Waals surface area contributed by atoms with E-state index in [4.69, 9.17) is 4.74 Å². The molecule has 2 heteroatoms. The molecule has 2 aliphatic heterocycles. The fraction of sp³-hybridized carbons (Fsp3) is 1.00. The first-order valence-corrected chi connectivity index (χ1v) is 3.67. The number of hydrogen-bond acceptors (Lipinski definition) is 2. The van der Waals surface area contributed by atoms with Crippen LogP contribution in [0.2, 0.25) is 0 Å². The van der Waals surface area contributed by atoms with Crippen LogP contribution in [0.1, 0.15) is 12.8 Å². The second-order valence-corrected chi connectivity index (χ2v) is 3.09. The molecular formula is C7H13NO. The first kappa shape index (κ1) is 5.69. The normalized spacial score (nSPS) is 43.7. The summed E-state index contributed by atoms with van der Waals surface area (Å²) < 4.78 is 5.39. The van der Waals surface area contributed by atoms with Gasteiger partial charge in [-0.05, 0) is 19.9 Å². The van der Waals surface area contributed by atoms with Crippen molar-refractivity contribution in [1.82, 2.24) is 4.90 Å². The maximum Gasteiger partial charge on any atom is 0.0622 e. The van der Waals surface area contributed by atoms with Crippen LogP contribution in [0.25, 0.3) is 0 Å². The summed E-state index contributed by atoms with van der Waals surface area (Å²) in [7, 11) is 2.21. The van der Waals surface area contributed by atoms with Crippen LogP contribution >= 0.6 is 0 Å². The van der Waals surface area contributed by atoms with Gasteiger partial charge in [0.2, 0.25) is 0 Å². The highest BCUT2D eigenvalue weighted by atomic mass is 16.5. The number of rotatable bonds is 0. The molecule has 9 heavy (non-hydrogen) atoms. The Morgan fingerprint density at radius 2 is 1.78 bits per heavy atom. The van der Waals surface area contributed by atoms with Crippen LogP contribution in [0.15, 0.2) is 0 Å². The zero-order chi connectivity index (χ0) is 6.27. The number of ether oxygens (including phenoxy) is 1. The molecule has 0 aliphatic carbocycles. The monoisotopic (exact) mass is 127 g/mol. The Balaban J connectivity index is 2.10. The third-order valence-corrected chi connectivity index (χ3v) is 2.61. The third-order valence-electron chi connectivity index (χ3n) is 2.61. The minimum atomic E-state index is 0.740. The third kappa shape index (κ3) is 0.775. The number of hydrogen-bond donors (Lipinski definition) is 0. The van der Waals surface area contributed by atoms with Gasteiger partial charge in [0, 0.05) is 12.1 Å². The van der Waals surface area contributed by atoms with E-state index in [0.29, 0.717) is 0 Å². The van der Waals surface area contributed by atoms with Crippen molar-refractivity contribution in [2.75, 3.05) is 20.3 Å². The molecule has 1 unspecified atom stereocenters. The topological polar surface area (TPSA) is 12.5 Å². The van der Waals surface area contributed by atoms with Gasteiger partial charge in [-0.25, -0.2) is 0 Å². The zero-order valence-electron chi connectivity index (χ0n) is 5.84. The molecule has 2 heterocycles. The maximum absolute atomic E-state index is 5.39. The van der Waals surface area contributed by atoms with Gasteiger partial charge >= 0.3 is 0 Å². The fourth-order valence-corrected chi connectivity index (χ4v) is 1.83. The summed E-state index contributed by atoms with van der Waals surface area (Å²) in [5.41, 5.74) is 0. The summed E-state index contributed by atoms with van der Waals surface area (Å²) in [5.74, 6) is 0. The van der Waals surface area contributed by atoms with E-state index in [1.807, 2.05) is 0 Å². The average molecular weight is 127 g/mol. The van der Waals surface area contributed by atoms with Crippen molar-refractivity contribution in [2.45, 2.75) is 24.9 Å². The van der Waals surface area contributed by atoms with Gasteiger partial charge < -0.3 is 4.74 Å². The first-order valence-electron chi connectivity index (χ1n) is 3.67. The van der Waals surface area contributed by atoms with Gasteiger partial charge in [-0.2, -0.15) is 0 Å². The summed E-state index contributed by atoms with van der Waals surface area (Å²) >= 11 is 0. The summed E-state index contributed by atoms with van der Waals surface area (Å²) in [5, 5.41) is 0. The lowest BCUT2D eigenvalue weighted by Crippen LogP contribution is -2.42. The molecule has 2 bridgehead atoms. The number of likely N-dealkylation sites (N-methyl/N-ethyl adjacent to an activating group) is 1. The van der Waals surface area contributed by atoms with Gasteiger partial charge in [0.25, 0.3) is 0 Å². The van der Waals surface area contributed by atoms with E-state index >= 15 is 0 Å². The lowest BCUT2D eigenvalue weighted by molar-refractivity contribution is -0.000705. The minimum Gasteiger partial charge on any atom is -0.378 e. The van der Waals surface area contributed by atoms with E-state index in [9.17, 15) is 0 Å². The van der Waals surface area contributed by atoms with Crippen LogP contribution in [0.4, 0.5) is 0 Å². The Morgan fingerprint density at radius 3 is 2.22 bits per heavy atom. The van der Waals surface area contributed by atoms with Crippen molar-refractivity contribution < 1.29 is 4.74 Å². The highest BCUT2D eigenvalue weighted by Crippen LogP contribution is 2.26. The van der Waals surface area contributed by atoms with E-state index in [1.54, 1.807) is 0 Å². The van der Waals surface area contributed by atoms with Crippen LogP contribution in [0.3, 0.4) is 0 Å². The average Bonchev–Trinajstić information content (AvgIpc) is 2.19. The highest BCUT2D eigenvalue weighted by molar-refractivity contribution is 4.88. The Morgan fingerprint density at radius 1 is 1.22 bits per heavy atom. The van der Waals surface area contributed by atoms with Crippen molar-refractivity contribution in [2.24, 2.45) is 0 Å². The van der Waals surface area contributed by atoms with E-state index in [0.717, 1.165) is 25.3 Å². The molecule has 0 aromatic rings. The van der Waals surface area contributed by atoms with Crippen LogP contribution in [-0.2, 0) is 4.74 Å². The second kappa shape index (κ2) is 1.96. The van der Waals surface area contributed by atoms with Gasteiger partial charge in [-0.1, -0.05) is 0 Å². The van der Waals surface area contributed by atoms with Gasteiger partial charge in [0.1, 0.15) is 0 Å². The molecule has 0 aromatic heterocycles. The molecule has 2 saturated heterocycles.